The largest absolute Gasteiger partial charge is 0.455 e. The second kappa shape index (κ2) is 8.00. The third-order valence-corrected chi connectivity index (χ3v) is 6.12. The van der Waals surface area contributed by atoms with Gasteiger partial charge in [0, 0.05) is 18.4 Å². The molecule has 2 aliphatic heterocycles. The van der Waals surface area contributed by atoms with Gasteiger partial charge in [-0.15, -0.1) is 0 Å². The molecule has 2 saturated heterocycles. The van der Waals surface area contributed by atoms with Gasteiger partial charge < -0.3 is 15.4 Å². The Hall–Kier alpha value is -2.65. The summed E-state index contributed by atoms with van der Waals surface area (Å²) in [6.45, 7) is 3.36. The number of imide groups is 1. The molecule has 3 fully saturated rings. The van der Waals surface area contributed by atoms with Crippen molar-refractivity contribution in [3.8, 4) is 0 Å². The molecule has 5 amide bonds. The Labute approximate surface area is 169 Å². The van der Waals surface area contributed by atoms with Crippen LogP contribution in [0.25, 0.3) is 0 Å². The zero-order valence-electron chi connectivity index (χ0n) is 16.8. The van der Waals surface area contributed by atoms with E-state index in [0.29, 0.717) is 43.0 Å². The maximum atomic E-state index is 12.7. The molecule has 1 saturated carbocycles. The minimum atomic E-state index is -0.950. The molecular weight excluding hydrogens is 380 g/mol. The van der Waals surface area contributed by atoms with Crippen LogP contribution < -0.4 is 16.1 Å². The van der Waals surface area contributed by atoms with Crippen LogP contribution in [0.2, 0.25) is 0 Å². The number of nitrogens with zero attached hydrogens (tertiary/aromatic N) is 1. The average Bonchev–Trinajstić information content (AvgIpc) is 3.13. The molecule has 0 radical (unpaired) electrons. The zero-order chi connectivity index (χ0) is 21.2. The van der Waals surface area contributed by atoms with Crippen molar-refractivity contribution in [1.82, 2.24) is 21.1 Å². The second-order valence-electron chi connectivity index (χ2n) is 8.64. The number of carbonyl (C=O) groups excluding carboxylic acids is 5. The molecule has 29 heavy (non-hydrogen) atoms. The second-order valence-corrected chi connectivity index (χ2v) is 8.64. The number of rotatable bonds is 6. The van der Waals surface area contributed by atoms with Crippen LogP contribution in [0.15, 0.2) is 0 Å². The van der Waals surface area contributed by atoms with E-state index in [-0.39, 0.29) is 12.3 Å². The lowest BCUT2D eigenvalue weighted by Gasteiger charge is -2.33. The van der Waals surface area contributed by atoms with Crippen LogP contribution in [-0.2, 0) is 23.9 Å². The Kier molecular flexibility index (Phi) is 5.81. The van der Waals surface area contributed by atoms with Gasteiger partial charge in [0.15, 0.2) is 6.61 Å². The fraction of sp³-hybridized carbons (Fsp3) is 0.737. The van der Waals surface area contributed by atoms with Crippen LogP contribution in [-0.4, -0.2) is 52.4 Å². The predicted octanol–water partition coefficient (Wildman–Crippen LogP) is 0.510. The van der Waals surface area contributed by atoms with Gasteiger partial charge in [-0.25, -0.2) is 4.79 Å². The number of urea groups is 1. The molecule has 1 aliphatic carbocycles. The van der Waals surface area contributed by atoms with Gasteiger partial charge in [0.2, 0.25) is 5.91 Å². The quantitative estimate of drug-likeness (QED) is 0.433. The number of esters is 1. The van der Waals surface area contributed by atoms with E-state index < -0.39 is 41.5 Å². The topological polar surface area (TPSA) is 134 Å². The van der Waals surface area contributed by atoms with E-state index in [4.69, 9.17) is 4.74 Å². The first-order valence-corrected chi connectivity index (χ1v) is 10.1. The summed E-state index contributed by atoms with van der Waals surface area (Å²) in [5.74, 6) is -1.37. The molecule has 3 aliphatic rings. The SMILES string of the molecule is CC1CCC2(CC1)NC(=O)N(NC(=O)COC(=O)CCC1(C)CCC(=O)N1)C2=O. The molecule has 160 valence electrons. The normalized spacial score (nSPS) is 31.6. The molecule has 0 aromatic carbocycles. The number of nitrogens with one attached hydrogen (secondary N) is 3. The summed E-state index contributed by atoms with van der Waals surface area (Å²) in [5.41, 5.74) is 0.836. The number of hydrogen-bond donors (Lipinski definition) is 3. The third-order valence-electron chi connectivity index (χ3n) is 6.12. The summed E-state index contributed by atoms with van der Waals surface area (Å²) in [6, 6.07) is -0.672. The highest BCUT2D eigenvalue weighted by atomic mass is 16.5. The van der Waals surface area contributed by atoms with E-state index in [0.717, 1.165) is 12.8 Å². The molecular formula is C19H28N4O6. The molecule has 3 rings (SSSR count). The molecule has 0 aromatic heterocycles. The van der Waals surface area contributed by atoms with E-state index in [9.17, 15) is 24.0 Å². The lowest BCUT2D eigenvalue weighted by Crippen LogP contribution is -2.52. The smallest absolute Gasteiger partial charge is 0.344 e. The molecule has 0 bridgehead atoms. The summed E-state index contributed by atoms with van der Waals surface area (Å²) in [4.78, 5) is 60.1. The van der Waals surface area contributed by atoms with E-state index in [1.165, 1.54) is 0 Å². The minimum absolute atomic E-state index is 0.0426. The van der Waals surface area contributed by atoms with Gasteiger partial charge in [-0.2, -0.15) is 5.01 Å². The fourth-order valence-corrected chi connectivity index (χ4v) is 4.11. The first-order valence-electron chi connectivity index (χ1n) is 10.1. The van der Waals surface area contributed by atoms with Crippen LogP contribution in [0.3, 0.4) is 0 Å². The maximum absolute atomic E-state index is 12.7. The van der Waals surface area contributed by atoms with Gasteiger partial charge in [0.05, 0.1) is 0 Å². The molecule has 1 atom stereocenters. The maximum Gasteiger partial charge on any atom is 0.344 e. The van der Waals surface area contributed by atoms with Gasteiger partial charge in [-0.3, -0.25) is 24.6 Å². The predicted molar refractivity (Wildman–Crippen MR) is 99.9 cm³/mol. The van der Waals surface area contributed by atoms with Crippen molar-refractivity contribution in [2.75, 3.05) is 6.61 Å². The van der Waals surface area contributed by atoms with Crippen molar-refractivity contribution in [2.45, 2.75) is 76.3 Å². The van der Waals surface area contributed by atoms with Gasteiger partial charge >= 0.3 is 12.0 Å². The van der Waals surface area contributed by atoms with Gasteiger partial charge in [0.1, 0.15) is 5.54 Å². The minimum Gasteiger partial charge on any atom is -0.455 e. The molecule has 3 N–H and O–H groups in total. The molecule has 1 spiro atoms. The van der Waals surface area contributed by atoms with E-state index in [1.807, 2.05) is 6.92 Å². The van der Waals surface area contributed by atoms with Crippen LogP contribution in [0.5, 0.6) is 0 Å². The number of hydrogen-bond acceptors (Lipinski definition) is 6. The Balaban J connectivity index is 1.43. The van der Waals surface area contributed by atoms with Crippen molar-refractivity contribution in [3.63, 3.8) is 0 Å². The lowest BCUT2D eigenvalue weighted by atomic mass is 9.77. The van der Waals surface area contributed by atoms with Gasteiger partial charge in [-0.1, -0.05) is 6.92 Å². The van der Waals surface area contributed by atoms with Crippen molar-refractivity contribution < 1.29 is 28.7 Å². The zero-order valence-corrected chi connectivity index (χ0v) is 16.8. The van der Waals surface area contributed by atoms with Crippen molar-refractivity contribution >= 4 is 29.7 Å². The van der Waals surface area contributed by atoms with E-state index >= 15 is 0 Å². The molecule has 10 heteroatoms. The summed E-state index contributed by atoms with van der Waals surface area (Å²) in [6.07, 6.45) is 4.26. The van der Waals surface area contributed by atoms with Crippen LogP contribution in [0.1, 0.15) is 65.2 Å². The highest BCUT2D eigenvalue weighted by Gasteiger charge is 2.52. The summed E-state index contributed by atoms with van der Waals surface area (Å²) in [5, 5.41) is 6.21. The number of amides is 5. The van der Waals surface area contributed by atoms with E-state index in [2.05, 4.69) is 23.0 Å². The average molecular weight is 408 g/mol. The van der Waals surface area contributed by atoms with Crippen LogP contribution in [0.4, 0.5) is 4.79 Å². The number of ether oxygens (including phenoxy) is 1. The lowest BCUT2D eigenvalue weighted by molar-refractivity contribution is -0.151. The van der Waals surface area contributed by atoms with E-state index in [1.54, 1.807) is 0 Å². The highest BCUT2D eigenvalue weighted by molar-refractivity contribution is 6.08. The van der Waals surface area contributed by atoms with Gasteiger partial charge in [0.25, 0.3) is 11.8 Å². The monoisotopic (exact) mass is 408 g/mol. The van der Waals surface area contributed by atoms with Crippen LogP contribution >= 0.6 is 0 Å². The number of hydrazine groups is 1. The Morgan fingerprint density at radius 1 is 1.17 bits per heavy atom. The summed E-state index contributed by atoms with van der Waals surface area (Å²) >= 11 is 0. The molecule has 2 heterocycles. The summed E-state index contributed by atoms with van der Waals surface area (Å²) < 4.78 is 4.93. The van der Waals surface area contributed by atoms with Crippen molar-refractivity contribution in [3.05, 3.63) is 0 Å². The summed E-state index contributed by atoms with van der Waals surface area (Å²) in [7, 11) is 0. The Bertz CT molecular complexity index is 730. The molecule has 1 unspecified atom stereocenters. The molecule has 0 aromatic rings. The first kappa shape index (κ1) is 21.1. The molecule has 10 nitrogen and oxygen atoms in total. The number of carbonyl (C=O) groups is 5. The Morgan fingerprint density at radius 3 is 2.48 bits per heavy atom. The fourth-order valence-electron chi connectivity index (χ4n) is 4.11. The van der Waals surface area contributed by atoms with Crippen molar-refractivity contribution in [2.24, 2.45) is 5.92 Å². The Morgan fingerprint density at radius 2 is 1.86 bits per heavy atom. The third kappa shape index (κ3) is 4.68. The standard InChI is InChI=1S/C19H28N4O6/c1-12-3-9-19(10-4-12)16(27)23(17(28)21-19)22-14(25)11-29-15(26)6-8-18(2)7-5-13(24)20-18/h12H,3-11H2,1-2H3,(H,20,24)(H,21,28)(H,22,25). The highest BCUT2D eigenvalue weighted by Crippen LogP contribution is 2.35. The van der Waals surface area contributed by atoms with Crippen LogP contribution in [0, 0.1) is 5.92 Å². The van der Waals surface area contributed by atoms with Gasteiger partial charge in [-0.05, 0) is 51.4 Å². The van der Waals surface area contributed by atoms with Crippen molar-refractivity contribution in [1.29, 1.82) is 0 Å². The first-order chi connectivity index (χ1) is 13.6.